The molecule has 0 aromatic heterocycles. The van der Waals surface area contributed by atoms with Crippen molar-refractivity contribution >= 4 is 5.91 Å². The Labute approximate surface area is 128 Å². The van der Waals surface area contributed by atoms with Gasteiger partial charge in [-0.2, -0.15) is 0 Å². The second-order valence-electron chi connectivity index (χ2n) is 5.90. The minimum absolute atomic E-state index is 0.374. The van der Waals surface area contributed by atoms with Gasteiger partial charge in [-0.05, 0) is 0 Å². The molecule has 0 bridgehead atoms. The molecule has 2 heterocycles. The van der Waals surface area contributed by atoms with Gasteiger partial charge in [0.1, 0.15) is 0 Å². The van der Waals surface area contributed by atoms with Crippen molar-refractivity contribution in [1.82, 2.24) is 9.80 Å². The van der Waals surface area contributed by atoms with E-state index < -0.39 is 0 Å². The van der Waals surface area contributed by atoms with Crippen LogP contribution in [0.15, 0.2) is 0 Å². The Balaban J connectivity index is 1.70. The molecule has 0 spiro atoms. The van der Waals surface area contributed by atoms with Crippen LogP contribution in [-0.4, -0.2) is 57.3 Å². The molecule has 112 valence electrons. The topological polar surface area (TPSA) is 23.6 Å². The van der Waals surface area contributed by atoms with Crippen LogP contribution in [0.3, 0.4) is 0 Å². The van der Waals surface area contributed by atoms with Gasteiger partial charge in [0.25, 0.3) is 0 Å². The van der Waals surface area contributed by atoms with Gasteiger partial charge in [0.15, 0.2) is 0 Å². The fourth-order valence-electron chi connectivity index (χ4n) is 3.16. The number of hydrogen-bond donors (Lipinski definition) is 0. The maximum atomic E-state index is 12.3. The molecule has 0 radical (unpaired) electrons. The molecule has 0 N–H and O–H groups in total. The molecule has 2 aliphatic heterocycles. The van der Waals surface area contributed by atoms with Crippen LogP contribution in [0.2, 0.25) is 0 Å². The molecule has 0 unspecified atom stereocenters. The van der Waals surface area contributed by atoms with Crippen LogP contribution in [0.5, 0.6) is 0 Å². The number of rotatable bonds is 4. The van der Waals surface area contributed by atoms with E-state index >= 15 is 0 Å². The van der Waals surface area contributed by atoms with Crippen molar-refractivity contribution in [2.75, 3.05) is 37.7 Å². The molecule has 0 atom stereocenters. The van der Waals surface area contributed by atoms with Crippen LogP contribution in [0, 0.1) is 5.92 Å². The molecule has 0 aromatic carbocycles. The molecule has 2 fully saturated rings. The Bertz CT molecular complexity index is 282. The van der Waals surface area contributed by atoms with Crippen LogP contribution < -0.4 is 21.2 Å². The first-order valence-electron chi connectivity index (χ1n) is 7.71. The maximum absolute atomic E-state index is 12.3. The van der Waals surface area contributed by atoms with Crippen molar-refractivity contribution in [3.05, 3.63) is 0 Å². The van der Waals surface area contributed by atoms with Gasteiger partial charge in [0, 0.05) is 0 Å². The summed E-state index contributed by atoms with van der Waals surface area (Å²) < 4.78 is 0.961. The molecular weight excluding hydrogens is 351 g/mol. The van der Waals surface area contributed by atoms with E-state index in [2.05, 4.69) is 21.7 Å². The van der Waals surface area contributed by atoms with Gasteiger partial charge in [0.05, 0.1) is 0 Å². The van der Waals surface area contributed by atoms with Gasteiger partial charge in [-0.3, -0.25) is 0 Å². The van der Waals surface area contributed by atoms with E-state index in [4.69, 9.17) is 0 Å². The summed E-state index contributed by atoms with van der Waals surface area (Å²) in [5.41, 5.74) is 0. The summed E-state index contributed by atoms with van der Waals surface area (Å²) in [4.78, 5) is 19.2. The fraction of sp³-hybridized carbons (Fsp3) is 0.933. The second kappa shape index (κ2) is 7.81. The Morgan fingerprint density at radius 3 is 2.26 bits per heavy atom. The monoisotopic (exact) mass is 379 g/mol. The van der Waals surface area contributed by atoms with Crippen LogP contribution in [0.4, 0.5) is 0 Å². The third-order valence-electron chi connectivity index (χ3n) is 4.73. The molecule has 4 heteroatoms. The minimum atomic E-state index is 0.374. The van der Waals surface area contributed by atoms with Crippen molar-refractivity contribution in [3.8, 4) is 0 Å². The SMILES string of the molecule is CCC1CCN(CC(=O)N2CCC([I-]C)CC2)CC1. The number of halogens is 1. The molecule has 0 aromatic rings. The van der Waals surface area contributed by atoms with Gasteiger partial charge >= 0.3 is 128 Å². The molecule has 3 nitrogen and oxygen atoms in total. The molecular formula is C15H28IN2O-. The Morgan fingerprint density at radius 1 is 1.11 bits per heavy atom. The predicted molar refractivity (Wildman–Crippen MR) is 75.0 cm³/mol. The number of hydrogen-bond acceptors (Lipinski definition) is 2. The number of amides is 1. The van der Waals surface area contributed by atoms with Gasteiger partial charge in [0.2, 0.25) is 0 Å². The quantitative estimate of drug-likeness (QED) is 0.454. The molecule has 2 rings (SSSR count). The molecule has 0 aliphatic carbocycles. The number of nitrogens with zero attached hydrogens (tertiary/aromatic N) is 2. The summed E-state index contributed by atoms with van der Waals surface area (Å²) in [6.45, 7) is 7.24. The van der Waals surface area contributed by atoms with E-state index in [9.17, 15) is 4.79 Å². The second-order valence-corrected chi connectivity index (χ2v) is 8.91. The fourth-order valence-corrected chi connectivity index (χ4v) is 4.96. The molecule has 1 amide bonds. The Hall–Kier alpha value is 0.160. The van der Waals surface area contributed by atoms with Crippen LogP contribution in [-0.2, 0) is 4.79 Å². The van der Waals surface area contributed by atoms with E-state index in [1.807, 2.05) is 0 Å². The standard InChI is InChI=1S/C15H28IN2O/c1-3-13-4-8-17(9-5-13)12-15(19)18-10-6-14(16-2)7-11-18/h13-14H,3-12H2,1-2H3/q-1. The van der Waals surface area contributed by atoms with Crippen molar-refractivity contribution < 1.29 is 26.0 Å². The first-order valence-corrected chi connectivity index (χ1v) is 11.1. The number of likely N-dealkylation sites (tertiary alicyclic amines) is 2. The summed E-state index contributed by atoms with van der Waals surface area (Å²) in [6.07, 6.45) is 6.38. The number of piperidine rings is 2. The van der Waals surface area contributed by atoms with Crippen LogP contribution in [0.1, 0.15) is 39.0 Å². The van der Waals surface area contributed by atoms with E-state index in [-0.39, 0.29) is 0 Å². The van der Waals surface area contributed by atoms with E-state index in [1.165, 1.54) is 32.1 Å². The Morgan fingerprint density at radius 2 is 1.74 bits per heavy atom. The van der Waals surface area contributed by atoms with Gasteiger partial charge in [-0.25, -0.2) is 0 Å². The summed E-state index contributed by atoms with van der Waals surface area (Å²) in [5.74, 6) is 1.28. The average molecular weight is 379 g/mol. The zero-order valence-electron chi connectivity index (χ0n) is 12.4. The molecule has 19 heavy (non-hydrogen) atoms. The number of alkyl halides is 2. The number of carbonyl (C=O) groups is 1. The van der Waals surface area contributed by atoms with E-state index in [1.54, 1.807) is 0 Å². The van der Waals surface area contributed by atoms with Crippen molar-refractivity contribution in [1.29, 1.82) is 0 Å². The molecule has 0 saturated carbocycles. The third kappa shape index (κ3) is 4.59. The molecule has 2 saturated heterocycles. The first kappa shape index (κ1) is 15.5. The summed E-state index contributed by atoms with van der Waals surface area (Å²) >= 11 is 0.374. The number of carbonyl (C=O) groups excluding carboxylic acids is 1. The zero-order valence-corrected chi connectivity index (χ0v) is 14.6. The third-order valence-corrected chi connectivity index (χ3v) is 7.74. The first-order chi connectivity index (χ1) is 9.22. The average Bonchev–Trinajstić information content (AvgIpc) is 2.48. The van der Waals surface area contributed by atoms with Gasteiger partial charge in [-0.15, -0.1) is 0 Å². The van der Waals surface area contributed by atoms with E-state index in [0.29, 0.717) is 33.7 Å². The van der Waals surface area contributed by atoms with Crippen molar-refractivity contribution in [2.24, 2.45) is 5.92 Å². The summed E-state index contributed by atoms with van der Waals surface area (Å²) in [7, 11) is 0. The van der Waals surface area contributed by atoms with Gasteiger partial charge in [-0.1, -0.05) is 0 Å². The van der Waals surface area contributed by atoms with E-state index in [0.717, 1.165) is 36.0 Å². The zero-order chi connectivity index (χ0) is 13.7. The predicted octanol–water partition coefficient (Wildman–Crippen LogP) is -1.18. The normalized spacial score (nSPS) is 24.0. The Kier molecular flexibility index (Phi) is 6.39. The van der Waals surface area contributed by atoms with Crippen LogP contribution >= 0.6 is 0 Å². The van der Waals surface area contributed by atoms with Crippen molar-refractivity contribution in [3.63, 3.8) is 0 Å². The van der Waals surface area contributed by atoms with Gasteiger partial charge < -0.3 is 0 Å². The summed E-state index contributed by atoms with van der Waals surface area (Å²) in [6, 6.07) is 0. The van der Waals surface area contributed by atoms with Crippen LogP contribution in [0.25, 0.3) is 0 Å². The summed E-state index contributed by atoms with van der Waals surface area (Å²) in [5, 5.41) is 0. The van der Waals surface area contributed by atoms with Crippen molar-refractivity contribution in [2.45, 2.75) is 43.0 Å². The molecule has 2 aliphatic rings.